The van der Waals surface area contributed by atoms with E-state index in [0.29, 0.717) is 28.3 Å². The van der Waals surface area contributed by atoms with E-state index in [-0.39, 0.29) is 22.3 Å². The van der Waals surface area contributed by atoms with Crippen LogP contribution in [0.3, 0.4) is 0 Å². The molecule has 0 aliphatic carbocycles. The maximum absolute atomic E-state index is 13.8. The lowest BCUT2D eigenvalue weighted by atomic mass is 10.1. The quantitative estimate of drug-likeness (QED) is 0.203. The van der Waals surface area contributed by atoms with Crippen molar-refractivity contribution in [3.8, 4) is 28.3 Å². The average Bonchev–Trinajstić information content (AvgIpc) is 3.56. The van der Waals surface area contributed by atoms with Gasteiger partial charge >= 0.3 is 6.09 Å². The largest absolute Gasteiger partial charge is 0.495 e. The molecule has 242 valence electrons. The molecule has 0 saturated heterocycles. The molecule has 1 amide bonds. The second-order valence-corrected chi connectivity index (χ2v) is 14.1. The zero-order valence-corrected chi connectivity index (χ0v) is 27.9. The molecule has 14 heteroatoms. The number of hydrogen-bond acceptors (Lipinski definition) is 9. The fraction of sp³-hybridized carbons (Fsp3) is 0.312. The van der Waals surface area contributed by atoms with Crippen molar-refractivity contribution in [2.24, 2.45) is 7.05 Å². The number of fused-ring (bicyclic) bond motifs is 1. The number of halogens is 1. The van der Waals surface area contributed by atoms with Gasteiger partial charge in [-0.15, -0.1) is 0 Å². The number of sulfone groups is 1. The van der Waals surface area contributed by atoms with Gasteiger partial charge in [-0.2, -0.15) is 9.61 Å². The van der Waals surface area contributed by atoms with Crippen molar-refractivity contribution in [2.45, 2.75) is 44.7 Å². The standard InChI is InChI=1S/C32H35ClN6O6S/c1-20-28(22-10-11-24(44-6)25(17-22)46(42,43)15-14-40)30-35-26(33)18-27(39(30)36-20)38(31(41)45-32(2,3)4)19-21-8-7-9-23(16-21)29-34-12-13-37(29)5/h7-13,16-18,40H,14-15,19H2,1-6H3. The van der Waals surface area contributed by atoms with E-state index in [1.165, 1.54) is 34.7 Å². The lowest BCUT2D eigenvalue weighted by Gasteiger charge is -2.28. The van der Waals surface area contributed by atoms with Gasteiger partial charge in [-0.05, 0) is 57.0 Å². The number of methoxy groups -OCH3 is 1. The number of amides is 1. The Morgan fingerprint density at radius 1 is 1.11 bits per heavy atom. The van der Waals surface area contributed by atoms with Gasteiger partial charge < -0.3 is 19.1 Å². The van der Waals surface area contributed by atoms with Crippen LogP contribution in [0.15, 0.2) is 65.8 Å². The number of imidazole rings is 1. The fourth-order valence-corrected chi connectivity index (χ4v) is 6.51. The summed E-state index contributed by atoms with van der Waals surface area (Å²) in [5.41, 5.74) is 2.66. The van der Waals surface area contributed by atoms with Gasteiger partial charge in [-0.3, -0.25) is 4.90 Å². The topological polar surface area (TPSA) is 141 Å². The molecule has 3 aromatic heterocycles. The molecule has 3 heterocycles. The molecule has 12 nitrogen and oxygen atoms in total. The second-order valence-electron chi connectivity index (χ2n) is 11.7. The molecule has 0 radical (unpaired) electrons. The number of aliphatic hydroxyl groups excluding tert-OH is 1. The van der Waals surface area contributed by atoms with Crippen molar-refractivity contribution in [3.63, 3.8) is 0 Å². The van der Waals surface area contributed by atoms with Crippen molar-refractivity contribution in [1.82, 2.24) is 24.1 Å². The van der Waals surface area contributed by atoms with E-state index in [0.717, 1.165) is 17.0 Å². The van der Waals surface area contributed by atoms with Crippen molar-refractivity contribution < 1.29 is 27.8 Å². The zero-order chi connectivity index (χ0) is 33.4. The van der Waals surface area contributed by atoms with Crippen LogP contribution in [-0.2, 0) is 28.2 Å². The molecule has 0 unspecified atom stereocenters. The molecule has 5 aromatic rings. The molecule has 0 spiro atoms. The highest BCUT2D eigenvalue weighted by atomic mass is 35.5. The number of aromatic nitrogens is 5. The molecule has 1 N–H and O–H groups in total. The van der Waals surface area contributed by atoms with E-state index in [1.807, 2.05) is 42.1 Å². The lowest BCUT2D eigenvalue weighted by molar-refractivity contribution is 0.0575. The van der Waals surface area contributed by atoms with Gasteiger partial charge in [0.2, 0.25) is 0 Å². The van der Waals surface area contributed by atoms with E-state index in [9.17, 15) is 18.3 Å². The predicted octanol–water partition coefficient (Wildman–Crippen LogP) is 5.47. The number of nitrogens with zero attached hydrogens (tertiary/aromatic N) is 6. The Morgan fingerprint density at radius 2 is 1.87 bits per heavy atom. The number of anilines is 1. The van der Waals surface area contributed by atoms with Gasteiger partial charge in [0.15, 0.2) is 15.5 Å². The number of ether oxygens (including phenoxy) is 2. The molecular weight excluding hydrogens is 632 g/mol. The molecule has 0 fully saturated rings. The zero-order valence-electron chi connectivity index (χ0n) is 26.4. The first kappa shape index (κ1) is 32.9. The molecule has 0 aliphatic rings. The fourth-order valence-electron chi connectivity index (χ4n) is 5.11. The Bertz CT molecular complexity index is 2030. The Kier molecular flexibility index (Phi) is 9.12. The summed E-state index contributed by atoms with van der Waals surface area (Å²) in [7, 11) is -0.593. The van der Waals surface area contributed by atoms with E-state index in [2.05, 4.69) is 9.97 Å². The Balaban J connectivity index is 1.67. The van der Waals surface area contributed by atoms with Crippen LogP contribution in [0.5, 0.6) is 5.75 Å². The van der Waals surface area contributed by atoms with Crippen LogP contribution in [0.4, 0.5) is 10.6 Å². The van der Waals surface area contributed by atoms with Crippen LogP contribution in [0.1, 0.15) is 32.0 Å². The highest BCUT2D eigenvalue weighted by Gasteiger charge is 2.29. The van der Waals surface area contributed by atoms with Crippen molar-refractivity contribution in [1.29, 1.82) is 0 Å². The maximum atomic E-state index is 13.8. The molecular formula is C32H35ClN6O6S. The summed E-state index contributed by atoms with van der Waals surface area (Å²) >= 11 is 6.59. The Morgan fingerprint density at radius 3 is 2.52 bits per heavy atom. The average molecular weight is 667 g/mol. The van der Waals surface area contributed by atoms with Crippen LogP contribution in [-0.4, -0.2) is 68.8 Å². The summed E-state index contributed by atoms with van der Waals surface area (Å²) in [5, 5.41) is 14.2. The van der Waals surface area contributed by atoms with E-state index in [1.54, 1.807) is 40.0 Å². The van der Waals surface area contributed by atoms with Gasteiger partial charge in [0.1, 0.15) is 33.0 Å². The minimum absolute atomic E-state index is 0.0782. The van der Waals surface area contributed by atoms with Gasteiger partial charge in [0, 0.05) is 36.6 Å². The third kappa shape index (κ3) is 6.71. The van der Waals surface area contributed by atoms with Crippen molar-refractivity contribution in [3.05, 3.63) is 77.3 Å². The summed E-state index contributed by atoms with van der Waals surface area (Å²) in [6.07, 6.45) is 2.95. The molecule has 46 heavy (non-hydrogen) atoms. The first-order valence-corrected chi connectivity index (χ1v) is 16.4. The molecule has 0 atom stereocenters. The molecule has 5 rings (SSSR count). The van der Waals surface area contributed by atoms with Gasteiger partial charge in [0.05, 0.1) is 31.7 Å². The molecule has 0 aliphatic heterocycles. The van der Waals surface area contributed by atoms with Crippen molar-refractivity contribution in [2.75, 3.05) is 24.4 Å². The first-order valence-electron chi connectivity index (χ1n) is 14.4. The van der Waals surface area contributed by atoms with E-state index in [4.69, 9.17) is 26.2 Å². The summed E-state index contributed by atoms with van der Waals surface area (Å²) in [6, 6.07) is 13.9. The van der Waals surface area contributed by atoms with E-state index < -0.39 is 33.9 Å². The Labute approximate surface area is 272 Å². The van der Waals surface area contributed by atoms with Crippen LogP contribution in [0.25, 0.3) is 28.2 Å². The van der Waals surface area contributed by atoms with Gasteiger partial charge in [0.25, 0.3) is 0 Å². The smallest absolute Gasteiger partial charge is 0.416 e. The maximum Gasteiger partial charge on any atom is 0.416 e. The Hall–Kier alpha value is -4.46. The number of aliphatic hydroxyl groups is 1. The van der Waals surface area contributed by atoms with Crippen LogP contribution >= 0.6 is 11.6 Å². The van der Waals surface area contributed by atoms with Crippen LogP contribution in [0, 0.1) is 6.92 Å². The van der Waals surface area contributed by atoms with Crippen LogP contribution < -0.4 is 9.64 Å². The SMILES string of the molecule is COc1ccc(-c2c(C)nn3c(N(Cc4cccc(-c5nccn5C)c4)C(=O)OC(C)(C)C)cc(Cl)nc23)cc1S(=O)(=O)CCO. The number of rotatable bonds is 9. The summed E-state index contributed by atoms with van der Waals surface area (Å²) < 4.78 is 40.5. The number of aryl methyl sites for hydroxylation is 2. The van der Waals surface area contributed by atoms with E-state index >= 15 is 0 Å². The predicted molar refractivity (Wildman–Crippen MR) is 175 cm³/mol. The van der Waals surface area contributed by atoms with Gasteiger partial charge in [-0.25, -0.2) is 23.2 Å². The second kappa shape index (κ2) is 12.7. The van der Waals surface area contributed by atoms with Crippen LogP contribution in [0.2, 0.25) is 5.15 Å². The minimum atomic E-state index is -3.87. The number of carbonyl (C=O) groups is 1. The first-order chi connectivity index (χ1) is 21.7. The molecule has 0 saturated carbocycles. The molecule has 2 aromatic carbocycles. The number of benzene rings is 2. The lowest BCUT2D eigenvalue weighted by Crippen LogP contribution is -2.37. The minimum Gasteiger partial charge on any atom is -0.495 e. The highest BCUT2D eigenvalue weighted by molar-refractivity contribution is 7.91. The summed E-state index contributed by atoms with van der Waals surface area (Å²) in [5.74, 6) is 0.734. The number of hydrogen-bond donors (Lipinski definition) is 1. The normalized spacial score (nSPS) is 12.0. The third-order valence-corrected chi connectivity index (χ3v) is 9.00. The van der Waals surface area contributed by atoms with Crippen molar-refractivity contribution >= 4 is 39.0 Å². The monoisotopic (exact) mass is 666 g/mol. The molecule has 0 bridgehead atoms. The summed E-state index contributed by atoms with van der Waals surface area (Å²) in [6.45, 7) is 6.65. The third-order valence-electron chi connectivity index (χ3n) is 7.10. The number of carbonyl (C=O) groups excluding carboxylic acids is 1. The summed E-state index contributed by atoms with van der Waals surface area (Å²) in [4.78, 5) is 24.2. The van der Waals surface area contributed by atoms with Gasteiger partial charge in [-0.1, -0.05) is 35.9 Å². The highest BCUT2D eigenvalue weighted by Crippen LogP contribution is 2.36.